The van der Waals surface area contributed by atoms with E-state index in [0.29, 0.717) is 33.7 Å². The third-order valence-electron chi connectivity index (χ3n) is 5.21. The first kappa shape index (κ1) is 24.2. The highest BCUT2D eigenvalue weighted by Crippen LogP contribution is 2.24. The Kier molecular flexibility index (Phi) is 7.26. The second-order valence-corrected chi connectivity index (χ2v) is 8.92. The number of para-hydroxylation sites is 1. The smallest absolute Gasteiger partial charge is 0.282 e. The summed E-state index contributed by atoms with van der Waals surface area (Å²) in [6.45, 7) is 1.54. The van der Waals surface area contributed by atoms with Gasteiger partial charge in [-0.2, -0.15) is 9.78 Å². The van der Waals surface area contributed by atoms with Crippen molar-refractivity contribution in [2.75, 3.05) is 30.9 Å². The fourth-order valence-electron chi connectivity index (χ4n) is 3.41. The van der Waals surface area contributed by atoms with E-state index in [9.17, 15) is 9.59 Å². The van der Waals surface area contributed by atoms with Gasteiger partial charge in [0.15, 0.2) is 6.61 Å². The molecule has 0 unspecified atom stereocenters. The van der Waals surface area contributed by atoms with Crippen LogP contribution in [-0.2, 0) is 4.79 Å². The van der Waals surface area contributed by atoms with Crippen molar-refractivity contribution in [2.45, 2.75) is 6.92 Å². The monoisotopic (exact) mass is 533 g/mol. The minimum absolute atomic E-state index is 0.183. The third-order valence-corrected chi connectivity index (χ3v) is 5.71. The Labute approximate surface area is 211 Å². The van der Waals surface area contributed by atoms with Crippen molar-refractivity contribution in [3.05, 3.63) is 92.9 Å². The zero-order chi connectivity index (χ0) is 24.9. The Hall–Kier alpha value is -3.98. The number of aryl methyl sites for hydroxylation is 1. The van der Waals surface area contributed by atoms with E-state index in [2.05, 4.69) is 31.3 Å². The molecule has 0 saturated heterocycles. The highest BCUT2D eigenvalue weighted by molar-refractivity contribution is 9.10. The number of fused-ring (bicyclic) bond motifs is 1. The number of hydrogen-bond donors (Lipinski definition) is 1. The molecule has 1 aromatic heterocycles. The van der Waals surface area contributed by atoms with Crippen LogP contribution in [-0.4, -0.2) is 42.5 Å². The number of anilines is 2. The van der Waals surface area contributed by atoms with Crippen LogP contribution in [0.5, 0.6) is 5.75 Å². The molecule has 0 fully saturated rings. The maximum absolute atomic E-state index is 13.0. The Morgan fingerprint density at radius 2 is 1.91 bits per heavy atom. The maximum Gasteiger partial charge on any atom is 0.282 e. The molecule has 4 aromatic rings. The first-order chi connectivity index (χ1) is 16.8. The Bertz CT molecular complexity index is 1470. The normalized spacial score (nSPS) is 11.1. The molecule has 0 atom stereocenters. The van der Waals surface area contributed by atoms with Gasteiger partial charge in [-0.25, -0.2) is 4.98 Å². The van der Waals surface area contributed by atoms with Gasteiger partial charge < -0.3 is 15.0 Å². The van der Waals surface area contributed by atoms with Crippen LogP contribution in [0.15, 0.2) is 81.1 Å². The highest BCUT2D eigenvalue weighted by atomic mass is 79.9. The number of carbonyl (C=O) groups excluding carboxylic acids is 1. The molecule has 35 heavy (non-hydrogen) atoms. The molecule has 1 N–H and O–H groups in total. The summed E-state index contributed by atoms with van der Waals surface area (Å²) >= 11 is 3.40. The lowest BCUT2D eigenvalue weighted by Crippen LogP contribution is -2.21. The lowest BCUT2D eigenvalue weighted by Gasteiger charge is -2.16. The van der Waals surface area contributed by atoms with E-state index in [1.54, 1.807) is 31.2 Å². The number of benzene rings is 3. The zero-order valence-corrected chi connectivity index (χ0v) is 21.1. The van der Waals surface area contributed by atoms with Gasteiger partial charge in [-0.15, -0.1) is 0 Å². The molecule has 9 heteroatoms. The molecule has 8 nitrogen and oxygen atoms in total. The van der Waals surface area contributed by atoms with Crippen LogP contribution in [0.3, 0.4) is 0 Å². The molecule has 1 heterocycles. The minimum Gasteiger partial charge on any atom is -0.483 e. The van der Waals surface area contributed by atoms with Crippen LogP contribution in [0.2, 0.25) is 0 Å². The van der Waals surface area contributed by atoms with Crippen molar-refractivity contribution in [2.24, 2.45) is 5.10 Å². The van der Waals surface area contributed by atoms with E-state index in [1.165, 1.54) is 10.9 Å². The SMILES string of the molecule is Cc1nc2ccc(Br)cc2c(=O)n1N=Cc1ccc(N(C)C)cc1OCC(=O)Nc1ccccc1. The third kappa shape index (κ3) is 5.75. The van der Waals surface area contributed by atoms with Gasteiger partial charge in [0.05, 0.1) is 17.1 Å². The fourth-order valence-corrected chi connectivity index (χ4v) is 3.77. The molecule has 0 spiro atoms. The molecule has 1 amide bonds. The summed E-state index contributed by atoms with van der Waals surface area (Å²) in [6.07, 6.45) is 1.53. The average Bonchev–Trinajstić information content (AvgIpc) is 2.84. The summed E-state index contributed by atoms with van der Waals surface area (Å²) in [7, 11) is 3.83. The van der Waals surface area contributed by atoms with Crippen molar-refractivity contribution >= 4 is 50.3 Å². The second kappa shape index (κ2) is 10.5. The summed E-state index contributed by atoms with van der Waals surface area (Å²) in [5.74, 6) is 0.631. The molecule has 0 aliphatic carbocycles. The zero-order valence-electron chi connectivity index (χ0n) is 19.5. The van der Waals surface area contributed by atoms with Gasteiger partial charge in [0.1, 0.15) is 11.6 Å². The highest BCUT2D eigenvalue weighted by Gasteiger charge is 2.11. The predicted octanol–water partition coefficient (Wildman–Crippen LogP) is 4.43. The van der Waals surface area contributed by atoms with Crippen LogP contribution in [0.25, 0.3) is 10.9 Å². The topological polar surface area (TPSA) is 88.8 Å². The van der Waals surface area contributed by atoms with Crippen LogP contribution in [0, 0.1) is 6.92 Å². The molecule has 4 rings (SSSR count). The molecule has 0 saturated carbocycles. The average molecular weight is 534 g/mol. The summed E-state index contributed by atoms with van der Waals surface area (Å²) in [6, 6.07) is 20.1. The number of halogens is 1. The van der Waals surface area contributed by atoms with E-state index in [-0.39, 0.29) is 18.1 Å². The number of hydrogen-bond acceptors (Lipinski definition) is 6. The molecule has 3 aromatic carbocycles. The Morgan fingerprint density at radius 3 is 2.66 bits per heavy atom. The molecular weight excluding hydrogens is 510 g/mol. The van der Waals surface area contributed by atoms with Crippen molar-refractivity contribution < 1.29 is 9.53 Å². The summed E-state index contributed by atoms with van der Waals surface area (Å²) < 4.78 is 7.89. The van der Waals surface area contributed by atoms with Crippen molar-refractivity contribution in [3.63, 3.8) is 0 Å². The van der Waals surface area contributed by atoms with Gasteiger partial charge in [0, 0.05) is 41.6 Å². The van der Waals surface area contributed by atoms with E-state index >= 15 is 0 Å². The number of nitrogens with one attached hydrogen (secondary N) is 1. The molecule has 0 aliphatic heterocycles. The number of rotatable bonds is 7. The predicted molar refractivity (Wildman–Crippen MR) is 143 cm³/mol. The standard InChI is InChI=1S/C26H24BrN5O3/c1-17-29-23-12-10-19(27)13-22(23)26(34)32(17)28-15-18-9-11-21(31(2)3)14-24(18)35-16-25(33)30-20-7-5-4-6-8-20/h4-15H,16H2,1-3H3,(H,30,33). The van der Waals surface area contributed by atoms with Gasteiger partial charge in [0.25, 0.3) is 11.5 Å². The van der Waals surface area contributed by atoms with E-state index in [0.717, 1.165) is 10.2 Å². The molecule has 0 aliphatic rings. The second-order valence-electron chi connectivity index (χ2n) is 8.00. The van der Waals surface area contributed by atoms with Crippen LogP contribution in [0.1, 0.15) is 11.4 Å². The summed E-state index contributed by atoms with van der Waals surface area (Å²) in [5.41, 5.74) is 2.52. The quantitative estimate of drug-likeness (QED) is 0.355. The van der Waals surface area contributed by atoms with E-state index in [4.69, 9.17) is 4.74 Å². The lowest BCUT2D eigenvalue weighted by molar-refractivity contribution is -0.118. The van der Waals surface area contributed by atoms with Gasteiger partial charge in [0.2, 0.25) is 0 Å². The Morgan fingerprint density at radius 1 is 1.14 bits per heavy atom. The molecular formula is C26H24BrN5O3. The van der Waals surface area contributed by atoms with Crippen LogP contribution in [0.4, 0.5) is 11.4 Å². The molecule has 0 radical (unpaired) electrons. The van der Waals surface area contributed by atoms with Gasteiger partial charge in [-0.3, -0.25) is 9.59 Å². The van der Waals surface area contributed by atoms with E-state index in [1.807, 2.05) is 61.5 Å². The fraction of sp³-hybridized carbons (Fsp3) is 0.154. The minimum atomic E-state index is -0.286. The van der Waals surface area contributed by atoms with Gasteiger partial charge in [-0.05, 0) is 49.4 Å². The van der Waals surface area contributed by atoms with Gasteiger partial charge >= 0.3 is 0 Å². The number of amides is 1. The van der Waals surface area contributed by atoms with Gasteiger partial charge in [-0.1, -0.05) is 34.1 Å². The number of ether oxygens (including phenoxy) is 1. The maximum atomic E-state index is 13.0. The van der Waals surface area contributed by atoms with E-state index < -0.39 is 0 Å². The van der Waals surface area contributed by atoms with Crippen molar-refractivity contribution in [3.8, 4) is 5.75 Å². The number of carbonyl (C=O) groups is 1. The van der Waals surface area contributed by atoms with Crippen LogP contribution < -0.4 is 20.5 Å². The number of nitrogens with zero attached hydrogens (tertiary/aromatic N) is 4. The van der Waals surface area contributed by atoms with Crippen LogP contribution >= 0.6 is 15.9 Å². The summed E-state index contributed by atoms with van der Waals surface area (Å²) in [4.78, 5) is 31.9. The number of aromatic nitrogens is 2. The first-order valence-electron chi connectivity index (χ1n) is 10.8. The largest absolute Gasteiger partial charge is 0.483 e. The summed E-state index contributed by atoms with van der Waals surface area (Å²) in [5, 5.41) is 7.65. The first-order valence-corrected chi connectivity index (χ1v) is 11.6. The Balaban J connectivity index is 1.62. The molecule has 0 bridgehead atoms. The van der Waals surface area contributed by atoms with Crippen molar-refractivity contribution in [1.29, 1.82) is 0 Å². The lowest BCUT2D eigenvalue weighted by atomic mass is 10.2. The molecule has 178 valence electrons. The van der Waals surface area contributed by atoms with Crippen molar-refractivity contribution in [1.82, 2.24) is 9.66 Å².